The maximum atomic E-state index is 13.4. The van der Waals surface area contributed by atoms with Crippen molar-refractivity contribution in [2.75, 3.05) is 30.9 Å². The van der Waals surface area contributed by atoms with Gasteiger partial charge < -0.3 is 19.7 Å². The first-order valence-corrected chi connectivity index (χ1v) is 12.1. The molecule has 2 unspecified atom stereocenters. The van der Waals surface area contributed by atoms with E-state index in [-0.39, 0.29) is 36.9 Å². The first-order chi connectivity index (χ1) is 16.8. The smallest absolute Gasteiger partial charge is 0.411 e. The van der Waals surface area contributed by atoms with E-state index in [1.54, 1.807) is 36.3 Å². The van der Waals surface area contributed by atoms with E-state index in [1.165, 1.54) is 0 Å². The number of amides is 2. The first kappa shape index (κ1) is 25.1. The molecule has 0 saturated heterocycles. The van der Waals surface area contributed by atoms with Crippen molar-refractivity contribution in [3.05, 3.63) is 46.6 Å². The number of carbonyl (C=O) groups is 2. The molecule has 0 radical (unpaired) electrons. The van der Waals surface area contributed by atoms with Crippen LogP contribution >= 0.6 is 23.2 Å². The number of hydrogen-bond acceptors (Lipinski definition) is 7. The van der Waals surface area contributed by atoms with Gasteiger partial charge in [-0.25, -0.2) is 14.8 Å². The zero-order valence-electron chi connectivity index (χ0n) is 19.7. The molecule has 1 aliphatic carbocycles. The Morgan fingerprint density at radius 2 is 2.00 bits per heavy atom. The van der Waals surface area contributed by atoms with E-state index in [0.29, 0.717) is 28.0 Å². The van der Waals surface area contributed by atoms with Crippen molar-refractivity contribution in [2.45, 2.75) is 38.2 Å². The van der Waals surface area contributed by atoms with Crippen LogP contribution in [0, 0.1) is 19.8 Å². The van der Waals surface area contributed by atoms with E-state index >= 15 is 0 Å². The predicted octanol–water partition coefficient (Wildman–Crippen LogP) is 4.61. The Labute approximate surface area is 213 Å². The molecule has 2 heterocycles. The quantitative estimate of drug-likeness (QED) is 0.408. The van der Waals surface area contributed by atoms with E-state index in [4.69, 9.17) is 32.7 Å². The predicted molar refractivity (Wildman–Crippen MR) is 136 cm³/mol. The molecule has 1 fully saturated rings. The van der Waals surface area contributed by atoms with E-state index in [2.05, 4.69) is 20.6 Å². The van der Waals surface area contributed by atoms with Gasteiger partial charge in [-0.3, -0.25) is 10.1 Å². The van der Waals surface area contributed by atoms with Gasteiger partial charge in [-0.05, 0) is 50.8 Å². The van der Waals surface area contributed by atoms with E-state index in [9.17, 15) is 9.59 Å². The Hall–Kier alpha value is -3.04. The zero-order valence-corrected chi connectivity index (χ0v) is 21.2. The van der Waals surface area contributed by atoms with Crippen LogP contribution in [0.5, 0.6) is 5.88 Å². The third kappa shape index (κ3) is 5.97. The van der Waals surface area contributed by atoms with Crippen molar-refractivity contribution in [1.29, 1.82) is 0 Å². The molecule has 11 heteroatoms. The number of halogens is 2. The summed E-state index contributed by atoms with van der Waals surface area (Å²) in [7, 11) is 1.56. The van der Waals surface area contributed by atoms with E-state index in [1.807, 2.05) is 19.9 Å². The molecule has 2 N–H and O–H groups in total. The van der Waals surface area contributed by atoms with Gasteiger partial charge in [-0.2, -0.15) is 0 Å². The van der Waals surface area contributed by atoms with Crippen LogP contribution < -0.4 is 15.4 Å². The molecule has 1 aromatic heterocycles. The molecule has 0 spiro atoms. The zero-order chi connectivity index (χ0) is 25.1. The van der Waals surface area contributed by atoms with Gasteiger partial charge in [-0.1, -0.05) is 35.3 Å². The van der Waals surface area contributed by atoms with E-state index in [0.717, 1.165) is 18.4 Å². The maximum absolute atomic E-state index is 13.4. The van der Waals surface area contributed by atoms with Gasteiger partial charge in [0.05, 0.1) is 41.8 Å². The van der Waals surface area contributed by atoms with Crippen LogP contribution in [-0.4, -0.2) is 59.5 Å². The number of ether oxygens (including phenoxy) is 2. The SMILES string of the molecule is COc1nc(C)c(NC2=NC(Cl)CN(C(COC(=O)Nc3ccccc3Cl)C3CC3)C2=O)cc1C. The minimum atomic E-state index is -0.641. The topological polar surface area (TPSA) is 105 Å². The van der Waals surface area contributed by atoms with E-state index < -0.39 is 11.6 Å². The summed E-state index contributed by atoms with van der Waals surface area (Å²) in [5.74, 6) is 0.559. The number of para-hydroxylation sites is 1. The lowest BCUT2D eigenvalue weighted by atomic mass is 10.1. The Morgan fingerprint density at radius 1 is 1.26 bits per heavy atom. The third-order valence-corrected chi connectivity index (χ3v) is 6.51. The number of pyridine rings is 1. The highest BCUT2D eigenvalue weighted by atomic mass is 35.5. The van der Waals surface area contributed by atoms with Crippen LogP contribution in [0.15, 0.2) is 35.3 Å². The van der Waals surface area contributed by atoms with Crippen LogP contribution in [0.25, 0.3) is 0 Å². The van der Waals surface area contributed by atoms with Gasteiger partial charge >= 0.3 is 6.09 Å². The van der Waals surface area contributed by atoms with Crippen LogP contribution in [-0.2, 0) is 9.53 Å². The van der Waals surface area contributed by atoms with Crippen LogP contribution in [0.2, 0.25) is 5.02 Å². The maximum Gasteiger partial charge on any atom is 0.411 e. The molecular weight excluding hydrogens is 493 g/mol. The molecule has 35 heavy (non-hydrogen) atoms. The Bertz CT molecular complexity index is 1150. The fourth-order valence-electron chi connectivity index (χ4n) is 3.96. The Morgan fingerprint density at radius 3 is 2.69 bits per heavy atom. The summed E-state index contributed by atoms with van der Waals surface area (Å²) in [4.78, 5) is 36.2. The summed E-state index contributed by atoms with van der Waals surface area (Å²) in [5, 5.41) is 6.13. The highest BCUT2D eigenvalue weighted by Crippen LogP contribution is 2.37. The summed E-state index contributed by atoms with van der Waals surface area (Å²) in [5.41, 5.74) is 1.93. The number of aliphatic imine (C=N–C) groups is 1. The number of amidine groups is 1. The number of alkyl halides is 1. The number of nitrogens with one attached hydrogen (secondary N) is 2. The van der Waals surface area contributed by atoms with Crippen LogP contribution in [0.1, 0.15) is 24.1 Å². The molecule has 2 aliphatic rings. The average molecular weight is 520 g/mol. The van der Waals surface area contributed by atoms with Crippen molar-refractivity contribution in [1.82, 2.24) is 9.88 Å². The molecule has 2 aromatic rings. The first-order valence-electron chi connectivity index (χ1n) is 11.3. The lowest BCUT2D eigenvalue weighted by molar-refractivity contribution is -0.128. The minimum absolute atomic E-state index is 0.0335. The second kappa shape index (κ2) is 10.7. The van der Waals surface area contributed by atoms with Gasteiger partial charge in [0.15, 0.2) is 5.84 Å². The van der Waals surface area contributed by atoms with Crippen molar-refractivity contribution < 1.29 is 19.1 Å². The molecule has 1 aliphatic heterocycles. The standard InChI is InChI=1S/C24H27Cl2N5O4/c1-13-10-18(14(2)27-22(13)34-3)28-21-23(32)31(11-20(26)30-21)19(15-8-9-15)12-35-24(33)29-17-7-5-4-6-16(17)25/h4-7,10,15,19-20H,8-9,11-12H2,1-3H3,(H,28,30)(H,29,33). The fourth-order valence-corrected chi connectivity index (χ4v) is 4.39. The summed E-state index contributed by atoms with van der Waals surface area (Å²) >= 11 is 12.5. The highest BCUT2D eigenvalue weighted by Gasteiger charge is 2.42. The molecule has 4 rings (SSSR count). The molecular formula is C24H27Cl2N5O4. The molecule has 186 valence electrons. The van der Waals surface area contributed by atoms with Crippen molar-refractivity contribution in [3.8, 4) is 5.88 Å². The monoisotopic (exact) mass is 519 g/mol. The number of aromatic nitrogens is 1. The van der Waals surface area contributed by atoms with Gasteiger partial charge in [0.2, 0.25) is 5.88 Å². The summed E-state index contributed by atoms with van der Waals surface area (Å²) in [6, 6.07) is 8.42. The average Bonchev–Trinajstić information content (AvgIpc) is 3.65. The second-order valence-electron chi connectivity index (χ2n) is 8.55. The van der Waals surface area contributed by atoms with Gasteiger partial charge in [0, 0.05) is 5.56 Å². The van der Waals surface area contributed by atoms with Crippen LogP contribution in [0.3, 0.4) is 0 Å². The van der Waals surface area contributed by atoms with Crippen molar-refractivity contribution in [3.63, 3.8) is 0 Å². The number of nitrogens with zero attached hydrogens (tertiary/aromatic N) is 3. The van der Waals surface area contributed by atoms with Crippen molar-refractivity contribution in [2.24, 2.45) is 10.9 Å². The van der Waals surface area contributed by atoms with Gasteiger partial charge in [-0.15, -0.1) is 0 Å². The summed E-state index contributed by atoms with van der Waals surface area (Å²) in [6.45, 7) is 3.94. The fraction of sp³-hybridized carbons (Fsp3) is 0.417. The third-order valence-electron chi connectivity index (χ3n) is 5.95. The molecule has 0 bridgehead atoms. The number of aryl methyl sites for hydroxylation is 2. The largest absolute Gasteiger partial charge is 0.481 e. The molecule has 1 aromatic carbocycles. The molecule has 2 atom stereocenters. The molecule has 9 nitrogen and oxygen atoms in total. The molecule has 1 saturated carbocycles. The van der Waals surface area contributed by atoms with Crippen LogP contribution in [0.4, 0.5) is 16.2 Å². The number of benzene rings is 1. The minimum Gasteiger partial charge on any atom is -0.481 e. The number of anilines is 2. The molecule has 2 amide bonds. The van der Waals surface area contributed by atoms with Gasteiger partial charge in [0.25, 0.3) is 5.91 Å². The second-order valence-corrected chi connectivity index (χ2v) is 9.46. The van der Waals surface area contributed by atoms with Gasteiger partial charge in [0.1, 0.15) is 12.1 Å². The lowest BCUT2D eigenvalue weighted by Crippen LogP contribution is -2.54. The lowest BCUT2D eigenvalue weighted by Gasteiger charge is -2.35. The number of rotatable bonds is 7. The Balaban J connectivity index is 1.45. The number of methoxy groups -OCH3 is 1. The number of hydrogen-bond donors (Lipinski definition) is 2. The summed E-state index contributed by atoms with van der Waals surface area (Å²) in [6.07, 6.45) is 1.24. The highest BCUT2D eigenvalue weighted by molar-refractivity contribution is 6.43. The Kier molecular flexibility index (Phi) is 7.66. The number of carbonyl (C=O) groups excluding carboxylic acids is 2. The summed E-state index contributed by atoms with van der Waals surface area (Å²) < 4.78 is 10.7. The van der Waals surface area contributed by atoms with Crippen molar-refractivity contribution >= 4 is 52.4 Å². The normalized spacial score (nSPS) is 18.5.